The predicted molar refractivity (Wildman–Crippen MR) is 73.4 cm³/mol. The molecule has 1 aromatic heterocycles. The third kappa shape index (κ3) is 5.16. The van der Waals surface area contributed by atoms with E-state index >= 15 is 0 Å². The highest BCUT2D eigenvalue weighted by Gasteiger charge is 1.96. The molecule has 1 rings (SSSR count). The van der Waals surface area contributed by atoms with Gasteiger partial charge in [-0.1, -0.05) is 42.0 Å². The van der Waals surface area contributed by atoms with E-state index in [4.69, 9.17) is 4.42 Å². The summed E-state index contributed by atoms with van der Waals surface area (Å²) in [6, 6.07) is 2.42. The van der Waals surface area contributed by atoms with Crippen LogP contribution in [0, 0.1) is 0 Å². The van der Waals surface area contributed by atoms with Crippen molar-refractivity contribution in [2.24, 2.45) is 0 Å². The summed E-state index contributed by atoms with van der Waals surface area (Å²) in [4.78, 5) is 11.0. The Morgan fingerprint density at radius 2 is 2.06 bits per heavy atom. The molecule has 0 unspecified atom stereocenters. The summed E-state index contributed by atoms with van der Waals surface area (Å²) in [6.45, 7) is 3.88. The molecule has 0 atom stereocenters. The van der Waals surface area contributed by atoms with Gasteiger partial charge in [-0.25, -0.2) is 4.79 Å². The molecule has 1 heterocycles. The summed E-state index contributed by atoms with van der Waals surface area (Å²) >= 11 is 0. The Hall–Kier alpha value is -2.29. The third-order valence-corrected chi connectivity index (χ3v) is 2.06. The highest BCUT2D eigenvalue weighted by atomic mass is 16.4. The van der Waals surface area contributed by atoms with Crippen LogP contribution in [0.15, 0.2) is 63.4 Å². The Morgan fingerprint density at radius 1 is 1.28 bits per heavy atom. The summed E-state index contributed by atoms with van der Waals surface area (Å²) in [5.41, 5.74) is 0.436. The lowest BCUT2D eigenvalue weighted by atomic mass is 10.2. The fourth-order valence-electron chi connectivity index (χ4n) is 1.22. The van der Waals surface area contributed by atoms with Crippen LogP contribution in [0.25, 0.3) is 6.08 Å². The molecule has 0 bridgehead atoms. The molecule has 18 heavy (non-hydrogen) atoms. The second-order valence-corrected chi connectivity index (χ2v) is 3.69. The van der Waals surface area contributed by atoms with Crippen LogP contribution in [0.3, 0.4) is 0 Å². The van der Waals surface area contributed by atoms with Crippen LogP contribution < -0.4 is 5.63 Å². The van der Waals surface area contributed by atoms with Crippen LogP contribution in [-0.4, -0.2) is 5.11 Å². The smallest absolute Gasteiger partial charge is 0.339 e. The molecule has 0 saturated carbocycles. The summed E-state index contributed by atoms with van der Waals surface area (Å²) in [5, 5.41) is 9.23. The molecule has 94 valence electrons. The topological polar surface area (TPSA) is 50.4 Å². The summed E-state index contributed by atoms with van der Waals surface area (Å²) in [6.07, 6.45) is 13.1. The van der Waals surface area contributed by atoms with Crippen LogP contribution in [0.1, 0.15) is 19.6 Å². The second kappa shape index (κ2) is 7.12. The first-order valence-corrected chi connectivity index (χ1v) is 5.60. The first kappa shape index (κ1) is 13.8. The van der Waals surface area contributed by atoms with Gasteiger partial charge in [-0.15, -0.1) is 0 Å². The standard InChI is InChI=1S/C15H16O3/c1-3-4-5-6-7-12(2)8-9-14-10-13(16)11-15(17)18-14/h3-11,16H,1-2H3/b4-3+,6-5+,9-8+,12-7+. The molecule has 3 nitrogen and oxygen atoms in total. The second-order valence-electron chi connectivity index (χ2n) is 3.69. The zero-order chi connectivity index (χ0) is 13.4. The predicted octanol–water partition coefficient (Wildman–Crippen LogP) is 3.44. The van der Waals surface area contributed by atoms with Gasteiger partial charge >= 0.3 is 5.63 Å². The maximum atomic E-state index is 11.0. The van der Waals surface area contributed by atoms with Crippen molar-refractivity contribution >= 4 is 6.08 Å². The molecule has 0 aliphatic carbocycles. The first-order valence-electron chi connectivity index (χ1n) is 5.60. The lowest BCUT2D eigenvalue weighted by molar-refractivity contribution is 0.444. The highest BCUT2D eigenvalue weighted by Crippen LogP contribution is 2.10. The van der Waals surface area contributed by atoms with E-state index in [1.54, 1.807) is 12.2 Å². The molecule has 0 amide bonds. The van der Waals surface area contributed by atoms with Gasteiger partial charge < -0.3 is 9.52 Å². The maximum Gasteiger partial charge on any atom is 0.339 e. The van der Waals surface area contributed by atoms with Gasteiger partial charge in [0.1, 0.15) is 11.5 Å². The Labute approximate surface area is 106 Å². The Kier molecular flexibility index (Phi) is 5.45. The minimum Gasteiger partial charge on any atom is -0.508 e. The van der Waals surface area contributed by atoms with Gasteiger partial charge in [0.05, 0.1) is 6.07 Å². The van der Waals surface area contributed by atoms with E-state index in [-0.39, 0.29) is 5.75 Å². The molecule has 1 N–H and O–H groups in total. The van der Waals surface area contributed by atoms with E-state index in [1.807, 2.05) is 44.2 Å². The first-order chi connectivity index (χ1) is 8.61. The van der Waals surface area contributed by atoms with Gasteiger partial charge in [0.15, 0.2) is 0 Å². The summed E-state index contributed by atoms with van der Waals surface area (Å²) in [7, 11) is 0. The van der Waals surface area contributed by atoms with Crippen molar-refractivity contribution < 1.29 is 9.52 Å². The fourth-order valence-corrected chi connectivity index (χ4v) is 1.22. The molecule has 0 spiro atoms. The van der Waals surface area contributed by atoms with Gasteiger partial charge in [0, 0.05) is 6.07 Å². The number of hydrogen-bond donors (Lipinski definition) is 1. The fraction of sp³-hybridized carbons (Fsp3) is 0.133. The van der Waals surface area contributed by atoms with Crippen LogP contribution in [0.5, 0.6) is 5.75 Å². The average Bonchev–Trinajstić information content (AvgIpc) is 2.31. The monoisotopic (exact) mass is 244 g/mol. The maximum absolute atomic E-state index is 11.0. The van der Waals surface area contributed by atoms with E-state index in [2.05, 4.69) is 0 Å². The molecule has 1 aromatic rings. The number of hydrogen-bond acceptors (Lipinski definition) is 3. The van der Waals surface area contributed by atoms with Crippen molar-refractivity contribution in [2.75, 3.05) is 0 Å². The number of aromatic hydroxyl groups is 1. The lowest BCUT2D eigenvalue weighted by Gasteiger charge is -1.93. The number of allylic oxidation sites excluding steroid dienone is 7. The Bertz CT molecular complexity index is 557. The minimum absolute atomic E-state index is 0.0967. The van der Waals surface area contributed by atoms with Gasteiger partial charge in [-0.3, -0.25) is 0 Å². The highest BCUT2D eigenvalue weighted by molar-refractivity contribution is 5.49. The Balaban J connectivity index is 2.77. The Morgan fingerprint density at radius 3 is 2.72 bits per heavy atom. The van der Waals surface area contributed by atoms with Crippen molar-refractivity contribution in [3.63, 3.8) is 0 Å². The molecule has 0 aromatic carbocycles. The van der Waals surface area contributed by atoms with Crippen LogP contribution in [0.2, 0.25) is 0 Å². The normalized spacial score (nSPS) is 13.1. The molecular formula is C15H16O3. The van der Waals surface area contributed by atoms with Gasteiger partial charge in [0.2, 0.25) is 0 Å². The molecule has 0 fully saturated rings. The van der Waals surface area contributed by atoms with E-state index in [9.17, 15) is 9.90 Å². The van der Waals surface area contributed by atoms with E-state index in [1.165, 1.54) is 6.07 Å². The third-order valence-electron chi connectivity index (χ3n) is 2.06. The largest absolute Gasteiger partial charge is 0.508 e. The quantitative estimate of drug-likeness (QED) is 0.825. The SMILES string of the molecule is C/C=C/C=C/C=C(C)/C=C/c1cc(O)cc(=O)o1. The molecule has 3 heteroatoms. The van der Waals surface area contributed by atoms with Gasteiger partial charge in [-0.05, 0) is 19.9 Å². The van der Waals surface area contributed by atoms with Crippen LogP contribution in [0.4, 0.5) is 0 Å². The van der Waals surface area contributed by atoms with Crippen molar-refractivity contribution in [3.05, 3.63) is 70.3 Å². The van der Waals surface area contributed by atoms with Gasteiger partial charge in [-0.2, -0.15) is 0 Å². The average molecular weight is 244 g/mol. The lowest BCUT2D eigenvalue weighted by Crippen LogP contribution is -1.95. The van der Waals surface area contributed by atoms with E-state index in [0.717, 1.165) is 11.6 Å². The molecule has 0 aliphatic heterocycles. The molecular weight excluding hydrogens is 228 g/mol. The minimum atomic E-state index is -0.565. The van der Waals surface area contributed by atoms with Crippen molar-refractivity contribution in [1.82, 2.24) is 0 Å². The summed E-state index contributed by atoms with van der Waals surface area (Å²) < 4.78 is 4.89. The van der Waals surface area contributed by atoms with Crippen molar-refractivity contribution in [2.45, 2.75) is 13.8 Å². The molecule has 0 saturated heterocycles. The molecule has 0 aliphatic rings. The van der Waals surface area contributed by atoms with Crippen LogP contribution in [-0.2, 0) is 0 Å². The van der Waals surface area contributed by atoms with E-state index in [0.29, 0.717) is 5.76 Å². The van der Waals surface area contributed by atoms with Crippen LogP contribution >= 0.6 is 0 Å². The zero-order valence-electron chi connectivity index (χ0n) is 10.5. The summed E-state index contributed by atoms with van der Waals surface area (Å²) in [5.74, 6) is 0.227. The van der Waals surface area contributed by atoms with Gasteiger partial charge in [0.25, 0.3) is 0 Å². The van der Waals surface area contributed by atoms with E-state index < -0.39 is 5.63 Å². The zero-order valence-corrected chi connectivity index (χ0v) is 10.5. The number of rotatable bonds is 4. The van der Waals surface area contributed by atoms with Crippen molar-refractivity contribution in [1.29, 1.82) is 0 Å². The van der Waals surface area contributed by atoms with Crippen molar-refractivity contribution in [3.8, 4) is 5.75 Å². The molecule has 0 radical (unpaired) electrons.